The molecular weight excluding hydrogens is 241 g/mol. The highest BCUT2D eigenvalue weighted by Gasteiger charge is 2.32. The zero-order valence-electron chi connectivity index (χ0n) is 11.9. The fourth-order valence-electron chi connectivity index (χ4n) is 2.77. The zero-order chi connectivity index (χ0) is 14.0. The molecule has 104 valence electrons. The molecule has 0 saturated heterocycles. The Kier molecular flexibility index (Phi) is 3.90. The van der Waals surface area contributed by atoms with Crippen molar-refractivity contribution in [3.05, 3.63) is 29.8 Å². The van der Waals surface area contributed by atoms with E-state index >= 15 is 0 Å². The molecule has 1 aromatic heterocycles. The van der Waals surface area contributed by atoms with Crippen molar-refractivity contribution < 1.29 is 4.39 Å². The number of aryl methyl sites for hydroxylation is 1. The van der Waals surface area contributed by atoms with Gasteiger partial charge < -0.3 is 10.3 Å². The van der Waals surface area contributed by atoms with Gasteiger partial charge in [0.15, 0.2) is 0 Å². The Morgan fingerprint density at radius 3 is 2.47 bits per heavy atom. The molecule has 0 fully saturated rings. The van der Waals surface area contributed by atoms with Crippen LogP contribution in [-0.2, 0) is 12.0 Å². The number of aromatic nitrogens is 2. The maximum Gasteiger partial charge on any atom is 0.125 e. The SMILES string of the molecule is CCn1c(C(CC)(CC)CN)nc2ccc(F)cc21. The number of hydrogen-bond acceptors (Lipinski definition) is 2. The number of halogens is 1. The predicted octanol–water partition coefficient (Wildman–Crippen LogP) is 3.21. The second-order valence-corrected chi connectivity index (χ2v) is 5.00. The van der Waals surface area contributed by atoms with Crippen molar-refractivity contribution in [1.82, 2.24) is 9.55 Å². The number of hydrogen-bond donors (Lipinski definition) is 1. The molecule has 0 aliphatic heterocycles. The van der Waals surface area contributed by atoms with Crippen molar-refractivity contribution in [1.29, 1.82) is 0 Å². The first-order chi connectivity index (χ1) is 9.11. The van der Waals surface area contributed by atoms with E-state index in [1.807, 2.05) is 0 Å². The van der Waals surface area contributed by atoms with E-state index in [0.29, 0.717) is 6.54 Å². The van der Waals surface area contributed by atoms with Crippen molar-refractivity contribution in [3.63, 3.8) is 0 Å². The molecule has 0 saturated carbocycles. The van der Waals surface area contributed by atoms with E-state index in [2.05, 4.69) is 25.3 Å². The van der Waals surface area contributed by atoms with Crippen LogP contribution in [0.3, 0.4) is 0 Å². The number of nitrogens with zero attached hydrogens (tertiary/aromatic N) is 2. The van der Waals surface area contributed by atoms with Gasteiger partial charge in [-0.25, -0.2) is 9.37 Å². The fourth-order valence-corrected chi connectivity index (χ4v) is 2.77. The summed E-state index contributed by atoms with van der Waals surface area (Å²) in [6.45, 7) is 7.66. The Bertz CT molecular complexity index is 562. The molecule has 0 spiro atoms. The monoisotopic (exact) mass is 263 g/mol. The van der Waals surface area contributed by atoms with Crippen molar-refractivity contribution in [2.75, 3.05) is 6.54 Å². The van der Waals surface area contributed by atoms with E-state index in [1.165, 1.54) is 6.07 Å². The summed E-state index contributed by atoms with van der Waals surface area (Å²) in [4.78, 5) is 4.73. The molecule has 0 atom stereocenters. The highest BCUT2D eigenvalue weighted by atomic mass is 19.1. The summed E-state index contributed by atoms with van der Waals surface area (Å²) in [7, 11) is 0. The summed E-state index contributed by atoms with van der Waals surface area (Å²) >= 11 is 0. The molecule has 0 amide bonds. The highest BCUT2D eigenvalue weighted by molar-refractivity contribution is 5.76. The number of rotatable bonds is 5. The molecule has 1 heterocycles. The van der Waals surface area contributed by atoms with Gasteiger partial charge in [0.2, 0.25) is 0 Å². The van der Waals surface area contributed by atoms with Crippen LogP contribution in [-0.4, -0.2) is 16.1 Å². The highest BCUT2D eigenvalue weighted by Crippen LogP contribution is 2.32. The van der Waals surface area contributed by atoms with E-state index in [1.54, 1.807) is 12.1 Å². The van der Waals surface area contributed by atoms with Crippen LogP contribution in [0.1, 0.15) is 39.4 Å². The zero-order valence-corrected chi connectivity index (χ0v) is 11.9. The molecule has 0 radical (unpaired) electrons. The van der Waals surface area contributed by atoms with Crippen LogP contribution in [0.4, 0.5) is 4.39 Å². The van der Waals surface area contributed by atoms with Gasteiger partial charge in [0, 0.05) is 18.5 Å². The Balaban J connectivity index is 2.72. The largest absolute Gasteiger partial charge is 0.329 e. The standard InChI is InChI=1S/C15H22FN3/c1-4-15(5-2,10-17)14-18-12-8-7-11(16)9-13(12)19(14)6-3/h7-9H,4-6,10,17H2,1-3H3. The summed E-state index contributed by atoms with van der Waals surface area (Å²) in [5.74, 6) is 0.767. The van der Waals surface area contributed by atoms with Crippen LogP contribution in [0.15, 0.2) is 18.2 Å². The Hall–Kier alpha value is -1.42. The van der Waals surface area contributed by atoms with Gasteiger partial charge in [-0.15, -0.1) is 0 Å². The van der Waals surface area contributed by atoms with Crippen molar-refractivity contribution in [3.8, 4) is 0 Å². The van der Waals surface area contributed by atoms with Gasteiger partial charge >= 0.3 is 0 Å². The average Bonchev–Trinajstić information content (AvgIpc) is 2.79. The number of nitrogens with two attached hydrogens (primary N) is 1. The first-order valence-corrected chi connectivity index (χ1v) is 6.98. The van der Waals surface area contributed by atoms with Crippen LogP contribution < -0.4 is 5.73 Å². The summed E-state index contributed by atoms with van der Waals surface area (Å²) < 4.78 is 15.5. The van der Waals surface area contributed by atoms with Crippen molar-refractivity contribution in [2.24, 2.45) is 5.73 Å². The molecular formula is C15H22FN3. The van der Waals surface area contributed by atoms with E-state index in [4.69, 9.17) is 10.7 Å². The third-order valence-electron chi connectivity index (χ3n) is 4.25. The lowest BCUT2D eigenvalue weighted by atomic mass is 9.81. The molecule has 1 aromatic carbocycles. The molecule has 3 nitrogen and oxygen atoms in total. The van der Waals surface area contributed by atoms with E-state index in [-0.39, 0.29) is 11.2 Å². The Morgan fingerprint density at radius 1 is 1.26 bits per heavy atom. The third kappa shape index (κ3) is 2.14. The number of imidazole rings is 1. The molecule has 0 unspecified atom stereocenters. The van der Waals surface area contributed by atoms with Gasteiger partial charge in [-0.1, -0.05) is 13.8 Å². The normalized spacial score (nSPS) is 12.3. The van der Waals surface area contributed by atoms with E-state index in [9.17, 15) is 4.39 Å². The lowest BCUT2D eigenvalue weighted by Crippen LogP contribution is -2.36. The van der Waals surface area contributed by atoms with Crippen LogP contribution in [0.5, 0.6) is 0 Å². The lowest BCUT2D eigenvalue weighted by Gasteiger charge is -2.30. The van der Waals surface area contributed by atoms with Gasteiger partial charge in [0.05, 0.1) is 11.0 Å². The summed E-state index contributed by atoms with van der Waals surface area (Å²) in [5.41, 5.74) is 7.59. The van der Waals surface area contributed by atoms with E-state index in [0.717, 1.165) is 36.2 Å². The van der Waals surface area contributed by atoms with Crippen LogP contribution in [0, 0.1) is 5.82 Å². The smallest absolute Gasteiger partial charge is 0.125 e. The minimum Gasteiger partial charge on any atom is -0.329 e. The van der Waals surface area contributed by atoms with Gasteiger partial charge in [-0.05, 0) is 38.0 Å². The summed E-state index contributed by atoms with van der Waals surface area (Å²) in [6, 6.07) is 4.76. The topological polar surface area (TPSA) is 43.8 Å². The van der Waals surface area contributed by atoms with Crippen molar-refractivity contribution >= 4 is 11.0 Å². The minimum atomic E-state index is -0.222. The van der Waals surface area contributed by atoms with Gasteiger partial charge in [-0.3, -0.25) is 0 Å². The third-order valence-corrected chi connectivity index (χ3v) is 4.25. The van der Waals surface area contributed by atoms with Crippen LogP contribution >= 0.6 is 0 Å². The van der Waals surface area contributed by atoms with Gasteiger partial charge in [0.1, 0.15) is 11.6 Å². The molecule has 0 bridgehead atoms. The van der Waals surface area contributed by atoms with Crippen molar-refractivity contribution in [2.45, 2.75) is 45.6 Å². The lowest BCUT2D eigenvalue weighted by molar-refractivity contribution is 0.369. The predicted molar refractivity (Wildman–Crippen MR) is 76.7 cm³/mol. The molecule has 19 heavy (non-hydrogen) atoms. The summed E-state index contributed by atoms with van der Waals surface area (Å²) in [6.07, 6.45) is 1.87. The Labute approximate surface area is 113 Å². The van der Waals surface area contributed by atoms with Crippen LogP contribution in [0.2, 0.25) is 0 Å². The van der Waals surface area contributed by atoms with Gasteiger partial charge in [0.25, 0.3) is 0 Å². The molecule has 4 heteroatoms. The second-order valence-electron chi connectivity index (χ2n) is 5.00. The quantitative estimate of drug-likeness (QED) is 0.900. The Morgan fingerprint density at radius 2 is 1.95 bits per heavy atom. The first kappa shape index (κ1) is 14.0. The average molecular weight is 263 g/mol. The fraction of sp³-hybridized carbons (Fsp3) is 0.533. The molecule has 2 rings (SSSR count). The van der Waals surface area contributed by atoms with Crippen LogP contribution in [0.25, 0.3) is 11.0 Å². The number of fused-ring (bicyclic) bond motifs is 1. The second kappa shape index (κ2) is 5.29. The van der Waals surface area contributed by atoms with E-state index < -0.39 is 0 Å². The molecule has 2 aromatic rings. The molecule has 2 N–H and O–H groups in total. The minimum absolute atomic E-state index is 0.120. The maximum atomic E-state index is 13.4. The maximum absolute atomic E-state index is 13.4. The molecule has 0 aliphatic rings. The number of benzene rings is 1. The van der Waals surface area contributed by atoms with Gasteiger partial charge in [-0.2, -0.15) is 0 Å². The molecule has 0 aliphatic carbocycles. The first-order valence-electron chi connectivity index (χ1n) is 6.98. The summed E-state index contributed by atoms with van der Waals surface area (Å²) in [5, 5.41) is 0.